The zero-order valence-electron chi connectivity index (χ0n) is 11.7. The molecule has 0 unspecified atom stereocenters. The number of esters is 1. The van der Waals surface area contributed by atoms with E-state index in [-0.39, 0.29) is 0 Å². The van der Waals surface area contributed by atoms with Gasteiger partial charge in [-0.2, -0.15) is 0 Å². The third-order valence-electron chi connectivity index (χ3n) is 3.07. The van der Waals surface area contributed by atoms with Crippen molar-refractivity contribution in [1.82, 2.24) is 9.38 Å². The van der Waals surface area contributed by atoms with Crippen LogP contribution in [0.1, 0.15) is 17.4 Å². The lowest BCUT2D eigenvalue weighted by Gasteiger charge is -2.05. The summed E-state index contributed by atoms with van der Waals surface area (Å²) in [5.74, 6) is 0.983. The van der Waals surface area contributed by atoms with Crippen LogP contribution < -0.4 is 4.74 Å². The first kappa shape index (κ1) is 13.6. The van der Waals surface area contributed by atoms with Crippen LogP contribution in [0.3, 0.4) is 0 Å². The van der Waals surface area contributed by atoms with Crippen molar-refractivity contribution >= 4 is 22.1 Å². The fourth-order valence-corrected chi connectivity index (χ4v) is 2.99. The fraction of sp³-hybridized carbons (Fsp3) is 0.200. The minimum Gasteiger partial charge on any atom is -0.496 e. The molecule has 0 saturated heterocycles. The molecule has 0 saturated carbocycles. The predicted octanol–water partition coefficient (Wildman–Crippen LogP) is 3.25. The van der Waals surface area contributed by atoms with E-state index in [1.165, 1.54) is 11.3 Å². The number of hydrogen-bond acceptors (Lipinski definition) is 5. The third kappa shape index (κ3) is 2.27. The molecule has 2 aromatic heterocycles. The number of ether oxygens (including phenoxy) is 2. The monoisotopic (exact) mass is 302 g/mol. The van der Waals surface area contributed by atoms with Crippen LogP contribution >= 0.6 is 11.3 Å². The second kappa shape index (κ2) is 5.57. The van der Waals surface area contributed by atoms with Gasteiger partial charge in [0, 0.05) is 11.6 Å². The van der Waals surface area contributed by atoms with Crippen molar-refractivity contribution in [3.05, 3.63) is 41.5 Å². The van der Waals surface area contributed by atoms with Gasteiger partial charge in [-0.1, -0.05) is 12.1 Å². The molecule has 1 aromatic carbocycles. The number of nitrogens with zero attached hydrogens (tertiary/aromatic N) is 2. The van der Waals surface area contributed by atoms with Gasteiger partial charge in [0.25, 0.3) is 0 Å². The maximum absolute atomic E-state index is 12.0. The third-order valence-corrected chi connectivity index (χ3v) is 3.94. The number of carbonyl (C=O) groups excluding carboxylic acids is 1. The standard InChI is InChI=1S/C15H14N2O3S/c1-3-20-15(18)12-14-17(8-9-21-14)13(16-12)10-6-4-5-7-11(10)19-2/h4-9H,3H2,1-2H3. The van der Waals surface area contributed by atoms with Crippen molar-refractivity contribution in [2.75, 3.05) is 13.7 Å². The molecule has 0 spiro atoms. The number of fused-ring (bicyclic) bond motifs is 1. The zero-order chi connectivity index (χ0) is 14.8. The first-order chi connectivity index (χ1) is 10.3. The zero-order valence-corrected chi connectivity index (χ0v) is 12.5. The van der Waals surface area contributed by atoms with E-state index in [1.807, 2.05) is 40.2 Å². The lowest BCUT2D eigenvalue weighted by atomic mass is 10.2. The van der Waals surface area contributed by atoms with Gasteiger partial charge in [-0.25, -0.2) is 9.78 Å². The molecule has 0 radical (unpaired) electrons. The molecular weight excluding hydrogens is 288 g/mol. The topological polar surface area (TPSA) is 52.8 Å². The van der Waals surface area contributed by atoms with E-state index in [0.717, 1.165) is 10.4 Å². The Morgan fingerprint density at radius 3 is 2.95 bits per heavy atom. The molecule has 5 nitrogen and oxygen atoms in total. The van der Waals surface area contributed by atoms with Crippen LogP contribution in [0, 0.1) is 0 Å². The van der Waals surface area contributed by atoms with Gasteiger partial charge < -0.3 is 9.47 Å². The van der Waals surface area contributed by atoms with Crippen molar-refractivity contribution < 1.29 is 14.3 Å². The van der Waals surface area contributed by atoms with Gasteiger partial charge in [0.2, 0.25) is 0 Å². The Morgan fingerprint density at radius 1 is 1.38 bits per heavy atom. The van der Waals surface area contributed by atoms with E-state index < -0.39 is 5.97 Å². The molecule has 0 atom stereocenters. The highest BCUT2D eigenvalue weighted by atomic mass is 32.1. The molecule has 0 N–H and O–H groups in total. The molecule has 6 heteroatoms. The van der Waals surface area contributed by atoms with E-state index in [0.29, 0.717) is 23.9 Å². The Morgan fingerprint density at radius 2 is 2.19 bits per heavy atom. The molecule has 0 aliphatic heterocycles. The Bertz CT molecular complexity index is 791. The van der Waals surface area contributed by atoms with Crippen LogP contribution in [-0.4, -0.2) is 29.1 Å². The summed E-state index contributed by atoms with van der Waals surface area (Å²) in [6, 6.07) is 7.59. The summed E-state index contributed by atoms with van der Waals surface area (Å²) in [5.41, 5.74) is 1.18. The maximum atomic E-state index is 12.0. The number of rotatable bonds is 4. The Kier molecular flexibility index (Phi) is 3.62. The molecule has 21 heavy (non-hydrogen) atoms. The summed E-state index contributed by atoms with van der Waals surface area (Å²) in [6.07, 6.45) is 1.89. The van der Waals surface area contributed by atoms with Crippen molar-refractivity contribution in [3.63, 3.8) is 0 Å². The van der Waals surface area contributed by atoms with Crippen molar-refractivity contribution in [2.45, 2.75) is 6.92 Å². The summed E-state index contributed by atoms with van der Waals surface area (Å²) in [7, 11) is 1.61. The van der Waals surface area contributed by atoms with Gasteiger partial charge in [0.05, 0.1) is 19.3 Å². The average Bonchev–Trinajstić information content (AvgIpc) is 3.09. The minimum absolute atomic E-state index is 0.327. The highest BCUT2D eigenvalue weighted by Gasteiger charge is 2.21. The maximum Gasteiger partial charge on any atom is 0.360 e. The van der Waals surface area contributed by atoms with E-state index in [1.54, 1.807) is 14.0 Å². The molecule has 2 heterocycles. The average molecular weight is 302 g/mol. The normalized spacial score (nSPS) is 10.8. The lowest BCUT2D eigenvalue weighted by molar-refractivity contribution is 0.0523. The van der Waals surface area contributed by atoms with E-state index in [2.05, 4.69) is 4.98 Å². The van der Waals surface area contributed by atoms with Crippen LogP contribution in [0.2, 0.25) is 0 Å². The summed E-state index contributed by atoms with van der Waals surface area (Å²) >= 11 is 1.46. The largest absolute Gasteiger partial charge is 0.496 e. The molecule has 0 aliphatic rings. The summed E-state index contributed by atoms with van der Waals surface area (Å²) in [6.45, 7) is 2.11. The van der Waals surface area contributed by atoms with Gasteiger partial charge in [0.15, 0.2) is 5.69 Å². The first-order valence-electron chi connectivity index (χ1n) is 6.52. The summed E-state index contributed by atoms with van der Waals surface area (Å²) in [4.78, 5) is 17.3. The van der Waals surface area contributed by atoms with Crippen LogP contribution in [0.25, 0.3) is 16.2 Å². The highest BCUT2D eigenvalue weighted by molar-refractivity contribution is 7.15. The number of benzene rings is 1. The fourth-order valence-electron chi connectivity index (χ4n) is 2.18. The highest BCUT2D eigenvalue weighted by Crippen LogP contribution is 2.32. The molecule has 3 rings (SSSR count). The van der Waals surface area contributed by atoms with Gasteiger partial charge in [-0.15, -0.1) is 11.3 Å². The Hall–Kier alpha value is -2.34. The van der Waals surface area contributed by atoms with Gasteiger partial charge in [0.1, 0.15) is 16.4 Å². The number of imidazole rings is 1. The van der Waals surface area contributed by atoms with Crippen molar-refractivity contribution in [2.24, 2.45) is 0 Å². The van der Waals surface area contributed by atoms with Gasteiger partial charge in [-0.3, -0.25) is 4.40 Å². The van der Waals surface area contributed by atoms with E-state index in [4.69, 9.17) is 9.47 Å². The van der Waals surface area contributed by atoms with Crippen LogP contribution in [-0.2, 0) is 4.74 Å². The molecule has 0 aliphatic carbocycles. The smallest absolute Gasteiger partial charge is 0.360 e. The van der Waals surface area contributed by atoms with Gasteiger partial charge >= 0.3 is 5.97 Å². The molecular formula is C15H14N2O3S. The van der Waals surface area contributed by atoms with E-state index in [9.17, 15) is 4.79 Å². The molecule has 0 fully saturated rings. The van der Waals surface area contributed by atoms with Crippen LogP contribution in [0.4, 0.5) is 0 Å². The first-order valence-corrected chi connectivity index (χ1v) is 7.40. The lowest BCUT2D eigenvalue weighted by Crippen LogP contribution is -2.05. The number of thiazole rings is 1. The van der Waals surface area contributed by atoms with Crippen LogP contribution in [0.5, 0.6) is 5.75 Å². The van der Waals surface area contributed by atoms with Crippen LogP contribution in [0.15, 0.2) is 35.8 Å². The molecule has 0 bridgehead atoms. The number of aromatic nitrogens is 2. The second-order valence-corrected chi connectivity index (χ2v) is 5.18. The second-order valence-electron chi connectivity index (χ2n) is 4.28. The Balaban J connectivity index is 2.20. The van der Waals surface area contributed by atoms with Crippen molar-refractivity contribution in [1.29, 1.82) is 0 Å². The Labute approximate surface area is 125 Å². The number of methoxy groups -OCH3 is 1. The number of para-hydroxylation sites is 1. The predicted molar refractivity (Wildman–Crippen MR) is 81.0 cm³/mol. The van der Waals surface area contributed by atoms with E-state index >= 15 is 0 Å². The molecule has 108 valence electrons. The van der Waals surface area contributed by atoms with Gasteiger partial charge in [-0.05, 0) is 19.1 Å². The summed E-state index contributed by atoms with van der Waals surface area (Å²) in [5, 5.41) is 1.92. The number of carbonyl (C=O) groups is 1. The summed E-state index contributed by atoms with van der Waals surface area (Å²) < 4.78 is 12.3. The van der Waals surface area contributed by atoms with Crippen molar-refractivity contribution in [3.8, 4) is 17.1 Å². The quantitative estimate of drug-likeness (QED) is 0.694. The SMILES string of the molecule is CCOC(=O)c1nc(-c2ccccc2OC)n2ccsc12. The molecule has 3 aromatic rings. The minimum atomic E-state index is -0.404. The molecule has 0 amide bonds. The number of hydrogen-bond donors (Lipinski definition) is 0.